The number of esters is 1. The first-order valence-corrected chi connectivity index (χ1v) is 7.69. The maximum atomic E-state index is 12.2. The van der Waals surface area contributed by atoms with Gasteiger partial charge in [0.1, 0.15) is 6.10 Å². The van der Waals surface area contributed by atoms with Crippen molar-refractivity contribution < 1.29 is 19.4 Å². The number of hydrogen-bond acceptors (Lipinski definition) is 4. The van der Waals surface area contributed by atoms with Gasteiger partial charge in [0, 0.05) is 24.9 Å². The van der Waals surface area contributed by atoms with E-state index in [1.807, 2.05) is 23.6 Å². The van der Waals surface area contributed by atoms with Crippen molar-refractivity contribution >= 4 is 23.4 Å². The Bertz CT molecular complexity index is 612. The van der Waals surface area contributed by atoms with Gasteiger partial charge in [0.05, 0.1) is 5.56 Å². The van der Waals surface area contributed by atoms with Crippen molar-refractivity contribution in [3.8, 4) is 0 Å². The summed E-state index contributed by atoms with van der Waals surface area (Å²) < 4.78 is 5.56. The first-order chi connectivity index (χ1) is 10.6. The summed E-state index contributed by atoms with van der Waals surface area (Å²) in [6.45, 7) is 0.292. The first-order valence-electron chi connectivity index (χ1n) is 6.81. The molecule has 0 bridgehead atoms. The van der Waals surface area contributed by atoms with Crippen LogP contribution in [0, 0.1) is 0 Å². The molecule has 116 valence electrons. The van der Waals surface area contributed by atoms with E-state index in [1.54, 1.807) is 24.3 Å². The summed E-state index contributed by atoms with van der Waals surface area (Å²) >= 11 is 1.49. The van der Waals surface area contributed by atoms with Gasteiger partial charge in [-0.2, -0.15) is 0 Å². The van der Waals surface area contributed by atoms with Crippen LogP contribution < -0.4 is 0 Å². The monoisotopic (exact) mass is 319 g/mol. The van der Waals surface area contributed by atoms with Crippen LogP contribution in [0.3, 0.4) is 0 Å². The first kappa shape index (κ1) is 16.0. The molecule has 0 aliphatic heterocycles. The Balaban J connectivity index is 2.05. The third-order valence-corrected chi connectivity index (χ3v) is 4.14. The van der Waals surface area contributed by atoms with Crippen LogP contribution in [0.1, 0.15) is 27.8 Å². The molecule has 1 amide bonds. The number of rotatable bonds is 6. The Morgan fingerprint density at radius 2 is 1.95 bits per heavy atom. The molecule has 0 fully saturated rings. The lowest BCUT2D eigenvalue weighted by molar-refractivity contribution is 0.0268. The molecule has 6 heteroatoms. The fourth-order valence-electron chi connectivity index (χ4n) is 1.91. The highest BCUT2D eigenvalue weighted by Crippen LogP contribution is 2.27. The van der Waals surface area contributed by atoms with Crippen LogP contribution in [0.15, 0.2) is 47.8 Å². The van der Waals surface area contributed by atoms with E-state index < -0.39 is 18.2 Å². The van der Waals surface area contributed by atoms with Crippen molar-refractivity contribution in [2.24, 2.45) is 0 Å². The molecule has 0 radical (unpaired) electrons. The Labute approximate surface area is 132 Å². The van der Waals surface area contributed by atoms with Crippen molar-refractivity contribution in [3.05, 3.63) is 58.3 Å². The second-order valence-electron chi connectivity index (χ2n) is 4.77. The standard InChI is InChI=1S/C16H17NO4S/c1-17(16(19)20)10-9-13(14-8-5-11-22-14)21-15(18)12-6-3-2-4-7-12/h2-8,11,13H,9-10H2,1H3,(H,19,20). The molecule has 1 N–H and O–H groups in total. The Hall–Kier alpha value is -2.34. The van der Waals surface area contributed by atoms with Gasteiger partial charge in [0.2, 0.25) is 0 Å². The molecule has 0 spiro atoms. The van der Waals surface area contributed by atoms with Gasteiger partial charge in [-0.05, 0) is 23.6 Å². The lowest BCUT2D eigenvalue weighted by atomic mass is 10.2. The molecule has 2 rings (SSSR count). The highest BCUT2D eigenvalue weighted by atomic mass is 32.1. The summed E-state index contributed by atoms with van der Waals surface area (Å²) in [4.78, 5) is 25.1. The molecule has 0 aliphatic carbocycles. The van der Waals surface area contributed by atoms with Gasteiger partial charge >= 0.3 is 12.1 Å². The van der Waals surface area contributed by atoms with E-state index in [9.17, 15) is 9.59 Å². The van der Waals surface area contributed by atoms with Crippen LogP contribution in [0.25, 0.3) is 0 Å². The number of carbonyl (C=O) groups is 2. The van der Waals surface area contributed by atoms with Crippen LogP contribution in [-0.4, -0.2) is 35.7 Å². The molecule has 0 aliphatic rings. The zero-order valence-corrected chi connectivity index (χ0v) is 13.0. The van der Waals surface area contributed by atoms with Gasteiger partial charge in [0.25, 0.3) is 0 Å². The number of hydrogen-bond donors (Lipinski definition) is 1. The second kappa shape index (κ2) is 7.61. The zero-order valence-electron chi connectivity index (χ0n) is 12.1. The molecule has 1 atom stereocenters. The number of carboxylic acid groups (broad SMARTS) is 1. The van der Waals surface area contributed by atoms with Crippen LogP contribution in [0.5, 0.6) is 0 Å². The molecule has 0 saturated heterocycles. The molecular formula is C16H17NO4S. The summed E-state index contributed by atoms with van der Waals surface area (Å²) in [5.74, 6) is -0.406. The normalized spacial score (nSPS) is 11.7. The summed E-state index contributed by atoms with van der Waals surface area (Å²) in [5.41, 5.74) is 0.482. The maximum Gasteiger partial charge on any atom is 0.407 e. The van der Waals surface area contributed by atoms with Crippen molar-refractivity contribution in [2.45, 2.75) is 12.5 Å². The molecule has 2 aromatic rings. The van der Waals surface area contributed by atoms with Gasteiger partial charge in [-0.25, -0.2) is 9.59 Å². The van der Waals surface area contributed by atoms with Crippen molar-refractivity contribution in [2.75, 3.05) is 13.6 Å². The van der Waals surface area contributed by atoms with Gasteiger partial charge in [-0.1, -0.05) is 24.3 Å². The van der Waals surface area contributed by atoms with Gasteiger partial charge in [-0.3, -0.25) is 0 Å². The molecule has 22 heavy (non-hydrogen) atoms. The predicted molar refractivity (Wildman–Crippen MR) is 84.2 cm³/mol. The molecule has 1 heterocycles. The van der Waals surface area contributed by atoms with E-state index in [-0.39, 0.29) is 0 Å². The second-order valence-corrected chi connectivity index (χ2v) is 5.75. The summed E-state index contributed by atoms with van der Waals surface area (Å²) in [5, 5.41) is 10.8. The summed E-state index contributed by atoms with van der Waals surface area (Å²) in [6.07, 6.45) is -1.03. The Morgan fingerprint density at radius 1 is 1.23 bits per heavy atom. The molecule has 1 aromatic heterocycles. The summed E-state index contributed by atoms with van der Waals surface area (Å²) in [6, 6.07) is 12.5. The van der Waals surface area contributed by atoms with Crippen LogP contribution in [-0.2, 0) is 4.74 Å². The van der Waals surface area contributed by atoms with Gasteiger partial charge < -0.3 is 14.7 Å². The SMILES string of the molecule is CN(CCC(OC(=O)c1ccccc1)c1cccs1)C(=O)O. The van der Waals surface area contributed by atoms with Crippen molar-refractivity contribution in [1.29, 1.82) is 0 Å². The van der Waals surface area contributed by atoms with E-state index in [4.69, 9.17) is 9.84 Å². The van der Waals surface area contributed by atoms with E-state index in [0.29, 0.717) is 18.5 Å². The number of ether oxygens (including phenoxy) is 1. The number of carbonyl (C=O) groups excluding carboxylic acids is 1. The minimum atomic E-state index is -1.00. The lowest BCUT2D eigenvalue weighted by Gasteiger charge is -2.20. The highest BCUT2D eigenvalue weighted by molar-refractivity contribution is 7.10. The molecular weight excluding hydrogens is 302 g/mol. The van der Waals surface area contributed by atoms with Gasteiger partial charge in [0.15, 0.2) is 0 Å². The fourth-order valence-corrected chi connectivity index (χ4v) is 2.70. The quantitative estimate of drug-likeness (QED) is 0.825. The molecule has 1 unspecified atom stereocenters. The van der Waals surface area contributed by atoms with E-state index in [1.165, 1.54) is 23.3 Å². The lowest BCUT2D eigenvalue weighted by Crippen LogP contribution is -2.27. The Morgan fingerprint density at radius 3 is 2.55 bits per heavy atom. The van der Waals surface area contributed by atoms with Crippen molar-refractivity contribution in [1.82, 2.24) is 4.90 Å². The fraction of sp³-hybridized carbons (Fsp3) is 0.250. The topological polar surface area (TPSA) is 66.8 Å². The third kappa shape index (κ3) is 4.33. The van der Waals surface area contributed by atoms with E-state index in [2.05, 4.69) is 0 Å². The smallest absolute Gasteiger partial charge is 0.407 e. The van der Waals surface area contributed by atoms with E-state index in [0.717, 1.165) is 4.88 Å². The summed E-state index contributed by atoms with van der Waals surface area (Å²) in [7, 11) is 1.49. The average molecular weight is 319 g/mol. The van der Waals surface area contributed by atoms with Crippen LogP contribution >= 0.6 is 11.3 Å². The third-order valence-electron chi connectivity index (χ3n) is 3.17. The highest BCUT2D eigenvalue weighted by Gasteiger charge is 2.20. The number of thiophene rings is 1. The average Bonchev–Trinajstić information content (AvgIpc) is 3.05. The molecule has 1 aromatic carbocycles. The Kier molecular flexibility index (Phi) is 5.55. The molecule has 5 nitrogen and oxygen atoms in total. The van der Waals surface area contributed by atoms with E-state index >= 15 is 0 Å². The van der Waals surface area contributed by atoms with Gasteiger partial charge in [-0.15, -0.1) is 11.3 Å². The predicted octanol–water partition coefficient (Wildman–Crippen LogP) is 3.65. The largest absolute Gasteiger partial charge is 0.465 e. The van der Waals surface area contributed by atoms with Crippen LogP contribution in [0.4, 0.5) is 4.79 Å². The zero-order chi connectivity index (χ0) is 15.9. The minimum absolute atomic E-state index is 0.292. The van der Waals surface area contributed by atoms with Crippen LogP contribution in [0.2, 0.25) is 0 Å². The number of nitrogens with zero attached hydrogens (tertiary/aromatic N) is 1. The minimum Gasteiger partial charge on any atom is -0.465 e. The van der Waals surface area contributed by atoms with Crippen molar-refractivity contribution in [3.63, 3.8) is 0 Å². The number of amides is 1. The molecule has 0 saturated carbocycles. The maximum absolute atomic E-state index is 12.2. The number of benzene rings is 1.